The molecule has 0 unspecified atom stereocenters. The molecule has 3 N–H and O–H groups in total. The van der Waals surface area contributed by atoms with Crippen molar-refractivity contribution in [1.29, 1.82) is 0 Å². The Morgan fingerprint density at radius 2 is 1.70 bits per heavy atom. The number of ether oxygens (including phenoxy) is 2. The topological polar surface area (TPSA) is 84.0 Å². The van der Waals surface area contributed by atoms with Crippen LogP contribution < -0.4 is 25.4 Å². The molecule has 0 heterocycles. The fraction of sp³-hybridized carbons (Fsp3) is 0.263. The molecule has 11 heteroatoms. The predicted octanol–water partition coefficient (Wildman–Crippen LogP) is 3.76. The van der Waals surface area contributed by atoms with E-state index in [-0.39, 0.29) is 36.5 Å². The van der Waals surface area contributed by atoms with Crippen LogP contribution in [0.1, 0.15) is 6.92 Å². The van der Waals surface area contributed by atoms with Crippen LogP contribution in [0.5, 0.6) is 11.5 Å². The summed E-state index contributed by atoms with van der Waals surface area (Å²) in [4.78, 5) is 16.1. The Kier molecular flexibility index (Phi) is 10.2. The number of rotatable bonds is 7. The number of anilines is 2. The second-order valence-corrected chi connectivity index (χ2v) is 5.66. The summed E-state index contributed by atoms with van der Waals surface area (Å²) in [6.07, 6.45) is 0. The lowest BCUT2D eigenvalue weighted by atomic mass is 10.2. The molecule has 0 saturated heterocycles. The van der Waals surface area contributed by atoms with Crippen molar-refractivity contribution in [3.63, 3.8) is 0 Å². The molecular weight excluding hydrogens is 516 g/mol. The molecule has 164 valence electrons. The number of benzene rings is 2. The first kappa shape index (κ1) is 25.3. The van der Waals surface area contributed by atoms with Crippen LogP contribution in [0.2, 0.25) is 0 Å². The summed E-state index contributed by atoms with van der Waals surface area (Å²) in [6, 6.07) is 6.76. The summed E-state index contributed by atoms with van der Waals surface area (Å²) in [7, 11) is 3.02. The molecule has 0 aromatic heterocycles. The van der Waals surface area contributed by atoms with E-state index in [1.54, 1.807) is 18.2 Å². The number of hydrogen-bond acceptors (Lipinski definition) is 4. The molecule has 1 amide bonds. The van der Waals surface area contributed by atoms with Gasteiger partial charge in [0.1, 0.15) is 6.54 Å². The maximum Gasteiger partial charge on any atom is 0.246 e. The maximum atomic E-state index is 13.7. The van der Waals surface area contributed by atoms with Gasteiger partial charge in [0.2, 0.25) is 5.91 Å². The van der Waals surface area contributed by atoms with Gasteiger partial charge in [-0.05, 0) is 31.2 Å². The fourth-order valence-electron chi connectivity index (χ4n) is 2.32. The van der Waals surface area contributed by atoms with E-state index in [9.17, 15) is 18.0 Å². The summed E-state index contributed by atoms with van der Waals surface area (Å²) in [5.41, 5.74) is 0.149. The number of hydrogen-bond donors (Lipinski definition) is 3. The highest BCUT2D eigenvalue weighted by atomic mass is 127. The quantitative estimate of drug-likeness (QED) is 0.217. The molecular formula is C19H22F3IN4O3. The third-order valence-electron chi connectivity index (χ3n) is 3.68. The van der Waals surface area contributed by atoms with Gasteiger partial charge in [-0.25, -0.2) is 18.2 Å². The zero-order chi connectivity index (χ0) is 21.4. The van der Waals surface area contributed by atoms with Crippen LogP contribution in [-0.2, 0) is 4.79 Å². The average Bonchev–Trinajstić information content (AvgIpc) is 2.72. The first-order valence-corrected chi connectivity index (χ1v) is 8.60. The Hall–Kier alpha value is -2.70. The average molecular weight is 538 g/mol. The monoisotopic (exact) mass is 538 g/mol. The Balaban J connectivity index is 0.00000450. The molecule has 30 heavy (non-hydrogen) atoms. The SMILES string of the molecule is CCNC(=NCC(=O)Nc1ccc(F)c(F)c1F)Nc1ccc(OC)c(OC)c1.I. The summed E-state index contributed by atoms with van der Waals surface area (Å²) in [6.45, 7) is 1.96. The molecule has 2 aromatic rings. The van der Waals surface area contributed by atoms with Crippen LogP contribution in [0.15, 0.2) is 35.3 Å². The van der Waals surface area contributed by atoms with Crippen LogP contribution in [0.3, 0.4) is 0 Å². The van der Waals surface area contributed by atoms with Gasteiger partial charge in [-0.2, -0.15) is 0 Å². The maximum absolute atomic E-state index is 13.7. The molecule has 0 aliphatic heterocycles. The van der Waals surface area contributed by atoms with Crippen molar-refractivity contribution in [2.75, 3.05) is 37.9 Å². The minimum atomic E-state index is -1.66. The minimum Gasteiger partial charge on any atom is -0.493 e. The number of nitrogens with one attached hydrogen (secondary N) is 3. The van der Waals surface area contributed by atoms with Crippen molar-refractivity contribution in [2.24, 2.45) is 4.99 Å². The van der Waals surface area contributed by atoms with E-state index < -0.39 is 29.0 Å². The van der Waals surface area contributed by atoms with E-state index in [1.807, 2.05) is 6.92 Å². The van der Waals surface area contributed by atoms with E-state index in [0.29, 0.717) is 23.7 Å². The van der Waals surface area contributed by atoms with Gasteiger partial charge in [-0.15, -0.1) is 24.0 Å². The smallest absolute Gasteiger partial charge is 0.246 e. The number of guanidine groups is 1. The number of halogens is 4. The van der Waals surface area contributed by atoms with Crippen LogP contribution in [0.4, 0.5) is 24.5 Å². The van der Waals surface area contributed by atoms with Crippen molar-refractivity contribution in [2.45, 2.75) is 6.92 Å². The van der Waals surface area contributed by atoms with Gasteiger partial charge < -0.3 is 25.4 Å². The first-order chi connectivity index (χ1) is 13.9. The molecule has 0 spiro atoms. The van der Waals surface area contributed by atoms with Crippen molar-refractivity contribution >= 4 is 47.2 Å². The molecule has 0 atom stereocenters. The van der Waals surface area contributed by atoms with Gasteiger partial charge in [0.15, 0.2) is 34.9 Å². The summed E-state index contributed by atoms with van der Waals surface area (Å²) < 4.78 is 50.3. The van der Waals surface area contributed by atoms with E-state index in [2.05, 4.69) is 20.9 Å². The predicted molar refractivity (Wildman–Crippen MR) is 120 cm³/mol. The third-order valence-corrected chi connectivity index (χ3v) is 3.68. The second kappa shape index (κ2) is 12.1. The number of aliphatic imine (C=N–C) groups is 1. The first-order valence-electron chi connectivity index (χ1n) is 8.60. The Labute approximate surface area is 189 Å². The van der Waals surface area contributed by atoms with Crippen molar-refractivity contribution in [3.8, 4) is 11.5 Å². The number of carbonyl (C=O) groups is 1. The molecule has 0 fully saturated rings. The summed E-state index contributed by atoms with van der Waals surface area (Å²) >= 11 is 0. The molecule has 2 rings (SSSR count). The molecule has 0 saturated carbocycles. The zero-order valence-electron chi connectivity index (χ0n) is 16.5. The second-order valence-electron chi connectivity index (χ2n) is 5.66. The molecule has 0 bridgehead atoms. The molecule has 2 aromatic carbocycles. The highest BCUT2D eigenvalue weighted by Crippen LogP contribution is 2.29. The van der Waals surface area contributed by atoms with Crippen LogP contribution >= 0.6 is 24.0 Å². The largest absolute Gasteiger partial charge is 0.493 e. The minimum absolute atomic E-state index is 0. The van der Waals surface area contributed by atoms with Gasteiger partial charge in [-0.1, -0.05) is 0 Å². The molecule has 0 radical (unpaired) electrons. The van der Waals surface area contributed by atoms with E-state index in [0.717, 1.165) is 12.1 Å². The highest BCUT2D eigenvalue weighted by molar-refractivity contribution is 14.0. The van der Waals surface area contributed by atoms with Crippen molar-refractivity contribution in [3.05, 3.63) is 47.8 Å². The van der Waals surface area contributed by atoms with Gasteiger partial charge in [0.05, 0.1) is 19.9 Å². The molecule has 0 aliphatic carbocycles. The third kappa shape index (κ3) is 6.68. The van der Waals surface area contributed by atoms with Crippen molar-refractivity contribution in [1.82, 2.24) is 5.32 Å². The van der Waals surface area contributed by atoms with Gasteiger partial charge in [-0.3, -0.25) is 4.79 Å². The van der Waals surface area contributed by atoms with Gasteiger partial charge >= 0.3 is 0 Å². The Morgan fingerprint density at radius 1 is 1.00 bits per heavy atom. The van der Waals surface area contributed by atoms with Crippen molar-refractivity contribution < 1.29 is 27.4 Å². The Bertz CT molecular complexity index is 913. The normalized spacial score (nSPS) is 10.7. The van der Waals surface area contributed by atoms with E-state index in [4.69, 9.17) is 9.47 Å². The highest BCUT2D eigenvalue weighted by Gasteiger charge is 2.15. The van der Waals surface area contributed by atoms with Crippen LogP contribution in [-0.4, -0.2) is 39.2 Å². The van der Waals surface area contributed by atoms with E-state index >= 15 is 0 Å². The lowest BCUT2D eigenvalue weighted by Crippen LogP contribution is -2.32. The van der Waals surface area contributed by atoms with Crippen LogP contribution in [0, 0.1) is 17.5 Å². The molecule has 7 nitrogen and oxygen atoms in total. The number of methoxy groups -OCH3 is 2. The number of carbonyl (C=O) groups excluding carboxylic acids is 1. The molecule has 0 aliphatic rings. The zero-order valence-corrected chi connectivity index (χ0v) is 18.8. The standard InChI is InChI=1S/C19H21F3N4O3.HI/c1-4-23-19(25-11-5-8-14(28-2)15(9-11)29-3)24-10-16(27)26-13-7-6-12(20)17(21)18(13)22;/h5-9H,4,10H2,1-3H3,(H,26,27)(H2,23,24,25);1H. The van der Waals surface area contributed by atoms with Crippen LogP contribution in [0.25, 0.3) is 0 Å². The lowest BCUT2D eigenvalue weighted by Gasteiger charge is -2.14. The van der Waals surface area contributed by atoms with Gasteiger partial charge in [0, 0.05) is 18.3 Å². The number of nitrogens with zero attached hydrogens (tertiary/aromatic N) is 1. The van der Waals surface area contributed by atoms with E-state index in [1.165, 1.54) is 14.2 Å². The lowest BCUT2D eigenvalue weighted by molar-refractivity contribution is -0.114. The van der Waals surface area contributed by atoms with Gasteiger partial charge in [0.25, 0.3) is 0 Å². The summed E-state index contributed by atoms with van der Waals surface area (Å²) in [5, 5.41) is 8.09. The fourth-order valence-corrected chi connectivity index (χ4v) is 2.32. The summed E-state index contributed by atoms with van der Waals surface area (Å²) in [5.74, 6) is -3.85. The number of amides is 1. The Morgan fingerprint density at radius 3 is 2.33 bits per heavy atom.